The van der Waals surface area contributed by atoms with Crippen molar-refractivity contribution in [2.24, 2.45) is 0 Å². The summed E-state index contributed by atoms with van der Waals surface area (Å²) >= 11 is 0. The molecule has 0 fully saturated rings. The van der Waals surface area contributed by atoms with Crippen LogP contribution in [0.2, 0.25) is 0 Å². The summed E-state index contributed by atoms with van der Waals surface area (Å²) in [4.78, 5) is 3.20. The highest BCUT2D eigenvalue weighted by Gasteiger charge is 2.29. The van der Waals surface area contributed by atoms with Crippen LogP contribution in [0, 0.1) is 13.8 Å². The Balaban J connectivity index is 2.23. The van der Waals surface area contributed by atoms with E-state index in [2.05, 4.69) is 48.9 Å². The maximum Gasteiger partial charge on any atom is 0.167 e. The lowest BCUT2D eigenvalue weighted by molar-refractivity contribution is 0.608. The largest absolute Gasteiger partial charge is 0.573 e. The molecule has 0 N–H and O–H groups in total. The van der Waals surface area contributed by atoms with Gasteiger partial charge in [0.05, 0.1) is 20.9 Å². The molecule has 0 aromatic heterocycles. The van der Waals surface area contributed by atoms with Crippen LogP contribution in [0.4, 0.5) is 5.69 Å². The summed E-state index contributed by atoms with van der Waals surface area (Å²) < 4.78 is 27.6. The zero-order valence-corrected chi connectivity index (χ0v) is 16.6. The van der Waals surface area contributed by atoms with E-state index < -0.39 is 20.9 Å². The third-order valence-electron chi connectivity index (χ3n) is 3.76. The molecule has 0 saturated carbocycles. The van der Waals surface area contributed by atoms with Crippen LogP contribution in [0.1, 0.15) is 11.1 Å². The summed E-state index contributed by atoms with van der Waals surface area (Å²) in [5.74, 6) is 0. The molecule has 3 nitrogen and oxygen atoms in total. The first-order valence-corrected chi connectivity index (χ1v) is 11.3. The van der Waals surface area contributed by atoms with Crippen molar-refractivity contribution in [1.82, 2.24) is 0 Å². The molecule has 1 unspecified atom stereocenters. The molecule has 0 spiro atoms. The van der Waals surface area contributed by atoms with Crippen molar-refractivity contribution in [2.45, 2.75) is 28.5 Å². The minimum Gasteiger partial charge on any atom is -0.573 e. The molecule has 0 heterocycles. The van der Waals surface area contributed by atoms with Crippen molar-refractivity contribution in [2.75, 3.05) is 6.26 Å². The van der Waals surface area contributed by atoms with Crippen molar-refractivity contribution in [3.63, 3.8) is 0 Å². The Labute approximate surface area is 158 Å². The van der Waals surface area contributed by atoms with Gasteiger partial charge in [-0.3, -0.25) is 0 Å². The SMILES string of the molecule is Cc1cc(C)cc([S+](c2ccccc2)c2ccccc2[N-]S(C)(=O)=O)c1. The Hall–Kier alpha value is -2.24. The molecule has 0 aliphatic carbocycles. The van der Waals surface area contributed by atoms with Crippen LogP contribution in [-0.4, -0.2) is 14.7 Å². The average molecular weight is 384 g/mol. The smallest absolute Gasteiger partial charge is 0.167 e. The zero-order valence-electron chi connectivity index (χ0n) is 15.0. The van der Waals surface area contributed by atoms with Gasteiger partial charge in [0.15, 0.2) is 14.7 Å². The number of hydrogen-bond donors (Lipinski definition) is 0. The highest BCUT2D eigenvalue weighted by Crippen LogP contribution is 2.39. The highest BCUT2D eigenvalue weighted by molar-refractivity contribution is 7.97. The molecule has 26 heavy (non-hydrogen) atoms. The summed E-state index contributed by atoms with van der Waals surface area (Å²) in [7, 11) is -3.92. The van der Waals surface area contributed by atoms with Gasteiger partial charge in [-0.1, -0.05) is 48.2 Å². The zero-order chi connectivity index (χ0) is 18.7. The van der Waals surface area contributed by atoms with Gasteiger partial charge in [-0.25, -0.2) is 8.42 Å². The van der Waals surface area contributed by atoms with Gasteiger partial charge in [0.2, 0.25) is 0 Å². The second-order valence-electron chi connectivity index (χ2n) is 6.23. The molecule has 3 aromatic carbocycles. The first kappa shape index (κ1) is 18.5. The van der Waals surface area contributed by atoms with Crippen LogP contribution in [0.25, 0.3) is 4.72 Å². The number of benzene rings is 3. The molecule has 134 valence electrons. The van der Waals surface area contributed by atoms with E-state index in [-0.39, 0.29) is 0 Å². The summed E-state index contributed by atoms with van der Waals surface area (Å²) in [6.45, 7) is 4.16. The van der Waals surface area contributed by atoms with E-state index in [1.807, 2.05) is 36.4 Å². The molecular weight excluding hydrogens is 362 g/mol. The molecular formula is C21H21NO2S2. The summed E-state index contributed by atoms with van der Waals surface area (Å²) in [6.07, 6.45) is 1.13. The lowest BCUT2D eigenvalue weighted by atomic mass is 10.2. The van der Waals surface area contributed by atoms with Crippen LogP contribution in [0.3, 0.4) is 0 Å². The fourth-order valence-corrected chi connectivity index (χ4v) is 5.81. The van der Waals surface area contributed by atoms with Gasteiger partial charge in [0, 0.05) is 6.26 Å². The Morgan fingerprint density at radius 2 is 1.35 bits per heavy atom. The van der Waals surface area contributed by atoms with Crippen molar-refractivity contribution < 1.29 is 8.42 Å². The second-order valence-corrected chi connectivity index (χ2v) is 9.88. The van der Waals surface area contributed by atoms with E-state index in [0.29, 0.717) is 5.69 Å². The topological polar surface area (TPSA) is 48.2 Å². The number of rotatable bonds is 5. The van der Waals surface area contributed by atoms with Crippen molar-refractivity contribution >= 4 is 26.6 Å². The Bertz CT molecular complexity index is 995. The highest BCUT2D eigenvalue weighted by atomic mass is 32.2. The molecule has 0 bridgehead atoms. The van der Waals surface area contributed by atoms with Crippen LogP contribution in [-0.2, 0) is 20.9 Å². The van der Waals surface area contributed by atoms with Gasteiger partial charge in [-0.15, -0.1) is 0 Å². The molecule has 5 heteroatoms. The molecule has 1 atom stereocenters. The fraction of sp³-hybridized carbons (Fsp3) is 0.143. The van der Waals surface area contributed by atoms with E-state index in [0.717, 1.165) is 20.9 Å². The van der Waals surface area contributed by atoms with Crippen molar-refractivity contribution in [1.29, 1.82) is 0 Å². The summed E-state index contributed by atoms with van der Waals surface area (Å²) in [5, 5.41) is 0. The monoisotopic (exact) mass is 383 g/mol. The van der Waals surface area contributed by atoms with Gasteiger partial charge in [0.1, 0.15) is 0 Å². The second kappa shape index (κ2) is 7.56. The standard InChI is InChI=1S/C21H21NO2S2/c1-16-13-17(2)15-19(14-16)25(18-9-5-4-6-10-18)21-12-8-7-11-20(21)22-26(3,23)24/h4-15H,1-3H3. The number of hydrogen-bond acceptors (Lipinski definition) is 2. The van der Waals surface area contributed by atoms with Crippen molar-refractivity contribution in [3.05, 3.63) is 88.6 Å². The van der Waals surface area contributed by atoms with E-state index >= 15 is 0 Å². The fourth-order valence-electron chi connectivity index (χ4n) is 2.88. The first-order valence-electron chi connectivity index (χ1n) is 8.23. The third kappa shape index (κ3) is 4.48. The quantitative estimate of drug-likeness (QED) is 0.557. The lowest BCUT2D eigenvalue weighted by Crippen LogP contribution is -2.07. The molecule has 0 aliphatic heterocycles. The van der Waals surface area contributed by atoms with Crippen molar-refractivity contribution in [3.8, 4) is 0 Å². The maximum absolute atomic E-state index is 11.8. The Morgan fingerprint density at radius 3 is 1.96 bits per heavy atom. The first-order chi connectivity index (χ1) is 12.3. The number of sulfonamides is 1. The molecule has 3 rings (SSSR count). The summed E-state index contributed by atoms with van der Waals surface area (Å²) in [6, 6.07) is 24.1. The minimum absolute atomic E-state index is 0.440. The lowest BCUT2D eigenvalue weighted by Gasteiger charge is -2.22. The molecule has 0 radical (unpaired) electrons. The Kier molecular flexibility index (Phi) is 5.39. The van der Waals surface area contributed by atoms with Gasteiger partial charge in [-0.2, -0.15) is 0 Å². The van der Waals surface area contributed by atoms with Crippen LogP contribution in [0.5, 0.6) is 0 Å². The van der Waals surface area contributed by atoms with Gasteiger partial charge in [-0.05, 0) is 55.3 Å². The Morgan fingerprint density at radius 1 is 0.769 bits per heavy atom. The van der Waals surface area contributed by atoms with E-state index in [9.17, 15) is 8.42 Å². The van der Waals surface area contributed by atoms with Gasteiger partial charge in [0.25, 0.3) is 0 Å². The molecule has 3 aromatic rings. The average Bonchev–Trinajstić information content (AvgIpc) is 2.55. The minimum atomic E-state index is -3.48. The molecule has 0 saturated heterocycles. The third-order valence-corrected chi connectivity index (χ3v) is 6.52. The van der Waals surface area contributed by atoms with Gasteiger partial charge >= 0.3 is 0 Å². The van der Waals surface area contributed by atoms with Crippen LogP contribution < -0.4 is 0 Å². The predicted octanol–water partition coefficient (Wildman–Crippen LogP) is 5.36. The van der Waals surface area contributed by atoms with Crippen LogP contribution in [0.15, 0.2) is 87.5 Å². The van der Waals surface area contributed by atoms with Gasteiger partial charge < -0.3 is 4.72 Å². The van der Waals surface area contributed by atoms with Crippen LogP contribution >= 0.6 is 0 Å². The predicted molar refractivity (Wildman–Crippen MR) is 109 cm³/mol. The normalized spacial score (nSPS) is 12.6. The molecule has 0 amide bonds. The number of aryl methyl sites for hydroxylation is 2. The van der Waals surface area contributed by atoms with E-state index in [1.165, 1.54) is 11.1 Å². The number of nitrogens with zero attached hydrogens (tertiary/aromatic N) is 1. The van der Waals surface area contributed by atoms with E-state index in [1.54, 1.807) is 6.07 Å². The molecule has 0 aliphatic rings. The summed E-state index contributed by atoms with van der Waals surface area (Å²) in [5.41, 5.74) is 2.87. The van der Waals surface area contributed by atoms with E-state index in [4.69, 9.17) is 0 Å². The maximum atomic E-state index is 11.8.